The summed E-state index contributed by atoms with van der Waals surface area (Å²) in [5.41, 5.74) is -0.487. The molecule has 0 aromatic heterocycles. The average Bonchev–Trinajstić information content (AvgIpc) is 2.92. The number of aryl methyl sites for hydroxylation is 1. The molecule has 0 N–H and O–H groups in total. The van der Waals surface area contributed by atoms with Crippen LogP contribution in [-0.4, -0.2) is 66.2 Å². The zero-order chi connectivity index (χ0) is 21.2. The van der Waals surface area contributed by atoms with Gasteiger partial charge in [-0.25, -0.2) is 13.6 Å². The minimum Gasteiger partial charge on any atom is -0.444 e. The van der Waals surface area contributed by atoms with Gasteiger partial charge in [-0.1, -0.05) is 23.7 Å². The Morgan fingerprint density at radius 3 is 2.54 bits per heavy atom. The number of likely N-dealkylation sites (N-methyl/N-ethyl adjacent to an activating group) is 1. The van der Waals surface area contributed by atoms with E-state index in [1.807, 2.05) is 0 Å². The van der Waals surface area contributed by atoms with Crippen LogP contribution in [-0.2, 0) is 16.0 Å². The minimum atomic E-state index is -1.56. The molecule has 0 radical (unpaired) electrons. The maximum absolute atomic E-state index is 15.1. The number of alkyl halides is 1. The van der Waals surface area contributed by atoms with E-state index in [-0.39, 0.29) is 30.0 Å². The van der Waals surface area contributed by atoms with Crippen molar-refractivity contribution in [1.82, 2.24) is 9.80 Å². The van der Waals surface area contributed by atoms with Crippen molar-refractivity contribution in [3.8, 4) is 0 Å². The highest BCUT2D eigenvalue weighted by molar-refractivity contribution is 6.30. The van der Waals surface area contributed by atoms with Crippen LogP contribution in [0.5, 0.6) is 0 Å². The molecule has 1 aromatic carbocycles. The number of halogens is 3. The SMILES string of the molecule is CN(C)[C@@H]1CN(C(=O)OC(C)(C)C)[C@H](C(=O)CCc2cccc(Cl)c2F)[C@H]1F. The monoisotopic (exact) mass is 416 g/mol. The number of nitrogens with zero attached hydrogens (tertiary/aromatic N) is 2. The molecular weight excluding hydrogens is 390 g/mol. The summed E-state index contributed by atoms with van der Waals surface area (Å²) in [6.07, 6.45) is -2.32. The first-order valence-electron chi connectivity index (χ1n) is 9.18. The molecular formula is C20H27ClF2N2O3. The minimum absolute atomic E-state index is 0.0303. The summed E-state index contributed by atoms with van der Waals surface area (Å²) in [7, 11) is 3.39. The lowest BCUT2D eigenvalue weighted by Crippen LogP contribution is -2.46. The zero-order valence-electron chi connectivity index (χ0n) is 16.8. The number of ether oxygens (including phenoxy) is 1. The van der Waals surface area contributed by atoms with Crippen molar-refractivity contribution in [2.45, 2.75) is 57.5 Å². The van der Waals surface area contributed by atoms with Crippen molar-refractivity contribution in [3.63, 3.8) is 0 Å². The number of carbonyl (C=O) groups excluding carboxylic acids is 2. The third-order valence-electron chi connectivity index (χ3n) is 4.68. The number of hydrogen-bond donors (Lipinski definition) is 0. The second-order valence-corrected chi connectivity index (χ2v) is 8.64. The van der Waals surface area contributed by atoms with Gasteiger partial charge in [0, 0.05) is 13.0 Å². The lowest BCUT2D eigenvalue weighted by Gasteiger charge is -2.28. The van der Waals surface area contributed by atoms with E-state index < -0.39 is 41.6 Å². The lowest BCUT2D eigenvalue weighted by molar-refractivity contribution is -0.124. The number of carbonyl (C=O) groups is 2. The number of amides is 1. The van der Waals surface area contributed by atoms with Crippen molar-refractivity contribution in [2.75, 3.05) is 20.6 Å². The molecule has 1 amide bonds. The molecule has 0 saturated carbocycles. The normalized spacial score (nSPS) is 22.6. The van der Waals surface area contributed by atoms with Gasteiger partial charge in [0.1, 0.15) is 23.6 Å². The van der Waals surface area contributed by atoms with Crippen molar-refractivity contribution in [3.05, 3.63) is 34.6 Å². The topological polar surface area (TPSA) is 49.9 Å². The molecule has 3 atom stereocenters. The molecule has 0 unspecified atom stereocenters. The second kappa shape index (κ2) is 8.74. The Balaban J connectivity index is 2.18. The summed E-state index contributed by atoms with van der Waals surface area (Å²) >= 11 is 5.76. The van der Waals surface area contributed by atoms with E-state index in [9.17, 15) is 14.0 Å². The molecule has 1 aromatic rings. The molecule has 1 fully saturated rings. The van der Waals surface area contributed by atoms with Gasteiger partial charge < -0.3 is 9.64 Å². The summed E-state index contributed by atoms with van der Waals surface area (Å²) in [5.74, 6) is -1.06. The Hall–Kier alpha value is -1.73. The van der Waals surface area contributed by atoms with E-state index in [4.69, 9.17) is 16.3 Å². The fourth-order valence-corrected chi connectivity index (χ4v) is 3.45. The second-order valence-electron chi connectivity index (χ2n) is 8.23. The standard InChI is InChI=1S/C20H27ClF2N2O3/c1-20(2,3)28-19(27)25-11-14(24(4)5)17(23)18(25)15(26)10-9-12-7-6-8-13(21)16(12)22/h6-8,14,17-18H,9-11H2,1-5H3/t14-,17+,18-/m1/s1. The molecule has 0 aliphatic carbocycles. The maximum atomic E-state index is 15.1. The van der Waals surface area contributed by atoms with Crippen LogP contribution in [0.1, 0.15) is 32.8 Å². The zero-order valence-corrected chi connectivity index (χ0v) is 17.6. The highest BCUT2D eigenvalue weighted by Crippen LogP contribution is 2.29. The first-order chi connectivity index (χ1) is 12.9. The molecule has 28 heavy (non-hydrogen) atoms. The van der Waals surface area contributed by atoms with Gasteiger partial charge in [0.25, 0.3) is 0 Å². The Kier molecular flexibility index (Phi) is 7.04. The van der Waals surface area contributed by atoms with Gasteiger partial charge in [-0.3, -0.25) is 9.69 Å². The molecule has 8 heteroatoms. The van der Waals surface area contributed by atoms with Crippen molar-refractivity contribution >= 4 is 23.5 Å². The lowest BCUT2D eigenvalue weighted by atomic mass is 9.99. The Morgan fingerprint density at radius 2 is 1.96 bits per heavy atom. The van der Waals surface area contributed by atoms with Crippen LogP contribution < -0.4 is 0 Å². The van der Waals surface area contributed by atoms with Crippen LogP contribution in [0.2, 0.25) is 5.02 Å². The van der Waals surface area contributed by atoms with Crippen LogP contribution in [0.25, 0.3) is 0 Å². The van der Waals surface area contributed by atoms with Gasteiger partial charge in [-0.15, -0.1) is 0 Å². The van der Waals surface area contributed by atoms with Crippen LogP contribution in [0.4, 0.5) is 13.6 Å². The average molecular weight is 417 g/mol. The summed E-state index contributed by atoms with van der Waals surface area (Å²) in [5, 5.41) is -0.0303. The fraction of sp³-hybridized carbons (Fsp3) is 0.600. The molecule has 2 rings (SSSR count). The smallest absolute Gasteiger partial charge is 0.411 e. The van der Waals surface area contributed by atoms with Gasteiger partial charge in [-0.2, -0.15) is 0 Å². The van der Waals surface area contributed by atoms with E-state index in [0.29, 0.717) is 0 Å². The summed E-state index contributed by atoms with van der Waals surface area (Å²) < 4.78 is 34.5. The van der Waals surface area contributed by atoms with Crippen molar-refractivity contribution in [2.24, 2.45) is 0 Å². The Morgan fingerprint density at radius 1 is 1.32 bits per heavy atom. The van der Waals surface area contributed by atoms with Gasteiger partial charge in [0.05, 0.1) is 11.1 Å². The molecule has 1 aliphatic rings. The molecule has 0 spiro atoms. The highest BCUT2D eigenvalue weighted by Gasteiger charge is 2.49. The van der Waals surface area contributed by atoms with Crippen LogP contribution in [0, 0.1) is 5.82 Å². The Labute approximate surface area is 169 Å². The number of Topliss-reactive ketones (excluding diaryl/α,β-unsaturated/α-hetero) is 1. The van der Waals surface area contributed by atoms with Gasteiger partial charge >= 0.3 is 6.09 Å². The number of likely N-dealkylation sites (tertiary alicyclic amines) is 1. The summed E-state index contributed by atoms with van der Waals surface area (Å²) in [6.45, 7) is 5.16. The summed E-state index contributed by atoms with van der Waals surface area (Å²) in [4.78, 5) is 28.2. The van der Waals surface area contributed by atoms with Gasteiger partial charge in [0.15, 0.2) is 5.78 Å². The van der Waals surface area contributed by atoms with Gasteiger partial charge in [0.2, 0.25) is 0 Å². The predicted octanol–water partition coefficient (Wildman–Crippen LogP) is 3.87. The number of rotatable bonds is 5. The van der Waals surface area contributed by atoms with Crippen LogP contribution in [0.15, 0.2) is 18.2 Å². The number of hydrogen-bond acceptors (Lipinski definition) is 4. The maximum Gasteiger partial charge on any atom is 0.411 e. The highest BCUT2D eigenvalue weighted by atomic mass is 35.5. The van der Waals surface area contributed by atoms with Crippen molar-refractivity contribution < 1.29 is 23.1 Å². The van der Waals surface area contributed by atoms with E-state index >= 15 is 4.39 Å². The quantitative estimate of drug-likeness (QED) is 0.731. The van der Waals surface area contributed by atoms with E-state index in [0.717, 1.165) is 4.90 Å². The molecule has 156 valence electrons. The van der Waals surface area contributed by atoms with Gasteiger partial charge in [-0.05, 0) is 52.9 Å². The molecule has 5 nitrogen and oxygen atoms in total. The third kappa shape index (κ3) is 5.20. The predicted molar refractivity (Wildman–Crippen MR) is 104 cm³/mol. The number of ketones is 1. The van der Waals surface area contributed by atoms with E-state index in [1.54, 1.807) is 45.8 Å². The van der Waals surface area contributed by atoms with Crippen LogP contribution in [0.3, 0.4) is 0 Å². The molecule has 1 saturated heterocycles. The fourth-order valence-electron chi connectivity index (χ4n) is 3.25. The summed E-state index contributed by atoms with van der Waals surface area (Å²) in [6, 6.07) is 2.66. The molecule has 1 heterocycles. The largest absolute Gasteiger partial charge is 0.444 e. The van der Waals surface area contributed by atoms with Crippen LogP contribution >= 0.6 is 11.6 Å². The van der Waals surface area contributed by atoms with Crippen molar-refractivity contribution in [1.29, 1.82) is 0 Å². The molecule has 0 bridgehead atoms. The first-order valence-corrected chi connectivity index (χ1v) is 9.56. The number of benzene rings is 1. The first kappa shape index (κ1) is 22.6. The van der Waals surface area contributed by atoms with E-state index in [1.165, 1.54) is 12.1 Å². The Bertz CT molecular complexity index is 737. The molecule has 1 aliphatic heterocycles. The van der Waals surface area contributed by atoms with E-state index in [2.05, 4.69) is 0 Å². The third-order valence-corrected chi connectivity index (χ3v) is 4.97.